The van der Waals surface area contributed by atoms with Gasteiger partial charge in [0.25, 0.3) is 5.91 Å². The lowest BCUT2D eigenvalue weighted by molar-refractivity contribution is -0.114. The Morgan fingerprint density at radius 3 is 2.53 bits per heavy atom. The number of halogens is 1. The van der Waals surface area contributed by atoms with Crippen LogP contribution in [0.15, 0.2) is 41.0 Å². The second kappa shape index (κ2) is 12.3. The molecule has 34 heavy (non-hydrogen) atoms. The van der Waals surface area contributed by atoms with Crippen molar-refractivity contribution in [3.63, 3.8) is 0 Å². The highest BCUT2D eigenvalue weighted by Crippen LogP contribution is 2.22. The summed E-state index contributed by atoms with van der Waals surface area (Å²) in [6, 6.07) is 5.22. The minimum Gasteiger partial charge on any atom is -0.449 e. The molecule has 11 heteroatoms. The van der Waals surface area contributed by atoms with Crippen molar-refractivity contribution < 1.29 is 23.5 Å². The third-order valence-corrected chi connectivity index (χ3v) is 6.15. The Labute approximate surface area is 198 Å². The number of aliphatic imine (C=N–C) groups is 1. The van der Waals surface area contributed by atoms with E-state index in [0.29, 0.717) is 38.5 Å². The van der Waals surface area contributed by atoms with Gasteiger partial charge < -0.3 is 36.9 Å². The van der Waals surface area contributed by atoms with Gasteiger partial charge in [0.2, 0.25) is 0 Å². The summed E-state index contributed by atoms with van der Waals surface area (Å²) in [6.45, 7) is 3.17. The first-order valence-corrected chi connectivity index (χ1v) is 11.4. The highest BCUT2D eigenvalue weighted by atomic mass is 19.1. The number of ether oxygens (including phenoxy) is 2. The number of amidine groups is 1. The molecule has 2 amide bonds. The molecule has 0 aromatic heterocycles. The van der Waals surface area contributed by atoms with Crippen molar-refractivity contribution in [3.8, 4) is 0 Å². The van der Waals surface area contributed by atoms with Gasteiger partial charge in [0, 0.05) is 44.4 Å². The summed E-state index contributed by atoms with van der Waals surface area (Å²) in [5, 5.41) is 3.15. The number of nitrogens with two attached hydrogens (primary N) is 3. The number of primary amides is 1. The summed E-state index contributed by atoms with van der Waals surface area (Å²) in [5.74, 6) is -0.793. The third kappa shape index (κ3) is 7.16. The van der Waals surface area contributed by atoms with Crippen LogP contribution in [0.25, 0.3) is 0 Å². The van der Waals surface area contributed by atoms with Crippen LogP contribution in [0.1, 0.15) is 19.3 Å². The standard InChI is InChI=1S/C23H33FN6O4/c24-17-1-3-18(4-2-17)29-21(26)19(22(27)31)12-28-20(11-25)16-5-8-30(9-6-16)23(32)34-14-15-7-10-33-13-15/h1-4,12,15-16,20,28H,5-11,13-14,25H2,(H2,26,29)(H2,27,31)/b19-12+/t15?,20-/m0/s1. The molecule has 1 aromatic carbocycles. The zero-order valence-electron chi connectivity index (χ0n) is 19.1. The number of carbonyl (C=O) groups is 2. The summed E-state index contributed by atoms with van der Waals surface area (Å²) >= 11 is 0. The SMILES string of the molecule is NC[C@H](N/C=C(/C(N)=O)C(N)=Nc1ccc(F)cc1)C1CCN(C(=O)OCC2CCOC2)CC1. The number of hydrogen-bond donors (Lipinski definition) is 4. The normalized spacial score (nSPS) is 20.8. The van der Waals surface area contributed by atoms with Crippen molar-refractivity contribution in [1.82, 2.24) is 10.2 Å². The van der Waals surface area contributed by atoms with Gasteiger partial charge in [-0.3, -0.25) is 4.79 Å². The monoisotopic (exact) mass is 476 g/mol. The van der Waals surface area contributed by atoms with E-state index in [0.717, 1.165) is 25.9 Å². The van der Waals surface area contributed by atoms with Gasteiger partial charge >= 0.3 is 6.09 Å². The molecule has 0 aliphatic carbocycles. The van der Waals surface area contributed by atoms with Crippen molar-refractivity contribution in [1.29, 1.82) is 0 Å². The molecule has 7 N–H and O–H groups in total. The molecule has 0 spiro atoms. The number of piperidine rings is 1. The second-order valence-corrected chi connectivity index (χ2v) is 8.54. The Morgan fingerprint density at radius 2 is 1.94 bits per heavy atom. The van der Waals surface area contributed by atoms with Gasteiger partial charge in [-0.05, 0) is 49.4 Å². The first kappa shape index (κ1) is 25.4. The molecule has 1 aromatic rings. The van der Waals surface area contributed by atoms with Crippen molar-refractivity contribution >= 4 is 23.5 Å². The number of nitrogens with zero attached hydrogens (tertiary/aromatic N) is 2. The number of hydrogen-bond acceptors (Lipinski definition) is 7. The van der Waals surface area contributed by atoms with E-state index < -0.39 is 11.7 Å². The Hall–Kier alpha value is -3.18. The van der Waals surface area contributed by atoms with E-state index in [4.69, 9.17) is 26.7 Å². The number of nitrogens with one attached hydrogen (secondary N) is 1. The van der Waals surface area contributed by atoms with Gasteiger partial charge in [-0.15, -0.1) is 0 Å². The summed E-state index contributed by atoms with van der Waals surface area (Å²) in [7, 11) is 0. The molecular formula is C23H33FN6O4. The molecule has 3 rings (SSSR count). The highest BCUT2D eigenvalue weighted by Gasteiger charge is 2.29. The zero-order valence-corrected chi connectivity index (χ0v) is 19.1. The maximum absolute atomic E-state index is 13.1. The molecule has 2 aliphatic rings. The molecule has 2 saturated heterocycles. The molecule has 1 unspecified atom stereocenters. The Bertz CT molecular complexity index is 893. The lowest BCUT2D eigenvalue weighted by Crippen LogP contribution is -2.47. The topological polar surface area (TPSA) is 158 Å². The van der Waals surface area contributed by atoms with Crippen LogP contribution in [0.2, 0.25) is 0 Å². The summed E-state index contributed by atoms with van der Waals surface area (Å²) in [6.07, 6.45) is 3.50. The zero-order chi connectivity index (χ0) is 24.5. The van der Waals surface area contributed by atoms with Crippen molar-refractivity contribution in [2.75, 3.05) is 39.5 Å². The van der Waals surface area contributed by atoms with E-state index in [-0.39, 0.29) is 35.4 Å². The van der Waals surface area contributed by atoms with Crippen LogP contribution in [0, 0.1) is 17.7 Å². The molecular weight excluding hydrogens is 443 g/mol. The van der Waals surface area contributed by atoms with E-state index in [2.05, 4.69) is 10.3 Å². The Balaban J connectivity index is 1.54. The highest BCUT2D eigenvalue weighted by molar-refractivity contribution is 6.20. The van der Waals surface area contributed by atoms with E-state index in [9.17, 15) is 14.0 Å². The fourth-order valence-electron chi connectivity index (χ4n) is 4.05. The smallest absolute Gasteiger partial charge is 0.409 e. The van der Waals surface area contributed by atoms with Crippen LogP contribution >= 0.6 is 0 Å². The molecule has 186 valence electrons. The molecule has 10 nitrogen and oxygen atoms in total. The van der Waals surface area contributed by atoms with E-state index in [1.807, 2.05) is 0 Å². The summed E-state index contributed by atoms with van der Waals surface area (Å²) in [4.78, 5) is 30.1. The molecule has 2 fully saturated rings. The maximum atomic E-state index is 13.1. The number of amides is 2. The predicted octanol–water partition coefficient (Wildman–Crippen LogP) is 0.986. The van der Waals surface area contributed by atoms with Crippen molar-refractivity contribution in [2.45, 2.75) is 25.3 Å². The van der Waals surface area contributed by atoms with Crippen LogP contribution in [0.4, 0.5) is 14.9 Å². The van der Waals surface area contributed by atoms with Gasteiger partial charge in [-0.2, -0.15) is 0 Å². The maximum Gasteiger partial charge on any atom is 0.409 e. The van der Waals surface area contributed by atoms with Crippen LogP contribution < -0.4 is 22.5 Å². The average molecular weight is 477 g/mol. The van der Waals surface area contributed by atoms with Gasteiger partial charge in [-0.1, -0.05) is 0 Å². The van der Waals surface area contributed by atoms with Crippen LogP contribution in [0.3, 0.4) is 0 Å². The molecule has 2 aliphatic heterocycles. The lowest BCUT2D eigenvalue weighted by atomic mass is 9.89. The fraction of sp³-hybridized carbons (Fsp3) is 0.522. The van der Waals surface area contributed by atoms with Gasteiger partial charge in [-0.25, -0.2) is 14.2 Å². The predicted molar refractivity (Wildman–Crippen MR) is 126 cm³/mol. The van der Waals surface area contributed by atoms with E-state index in [1.165, 1.54) is 30.5 Å². The number of likely N-dealkylation sites (tertiary alicyclic amines) is 1. The Kier molecular flexibility index (Phi) is 9.23. The van der Waals surface area contributed by atoms with Crippen LogP contribution in [0.5, 0.6) is 0 Å². The fourth-order valence-corrected chi connectivity index (χ4v) is 4.05. The van der Waals surface area contributed by atoms with Crippen molar-refractivity contribution in [2.24, 2.45) is 34.0 Å². The summed E-state index contributed by atoms with van der Waals surface area (Å²) < 4.78 is 23.8. The van der Waals surface area contributed by atoms with Crippen LogP contribution in [-0.4, -0.2) is 68.2 Å². The van der Waals surface area contributed by atoms with Gasteiger partial charge in [0.15, 0.2) is 0 Å². The quantitative estimate of drug-likeness (QED) is 0.235. The lowest BCUT2D eigenvalue weighted by Gasteiger charge is -2.35. The minimum atomic E-state index is -0.753. The van der Waals surface area contributed by atoms with E-state index in [1.54, 1.807) is 4.90 Å². The minimum absolute atomic E-state index is 0.000295. The third-order valence-electron chi connectivity index (χ3n) is 6.15. The first-order chi connectivity index (χ1) is 16.4. The van der Waals surface area contributed by atoms with Crippen molar-refractivity contribution in [3.05, 3.63) is 41.9 Å². The van der Waals surface area contributed by atoms with E-state index >= 15 is 0 Å². The molecule has 0 radical (unpaired) electrons. The first-order valence-electron chi connectivity index (χ1n) is 11.4. The summed E-state index contributed by atoms with van der Waals surface area (Å²) in [5.41, 5.74) is 17.8. The second-order valence-electron chi connectivity index (χ2n) is 8.54. The van der Waals surface area contributed by atoms with Crippen LogP contribution in [-0.2, 0) is 14.3 Å². The largest absolute Gasteiger partial charge is 0.449 e. The number of carbonyl (C=O) groups excluding carboxylic acids is 2. The molecule has 2 atom stereocenters. The number of benzene rings is 1. The Morgan fingerprint density at radius 1 is 1.24 bits per heavy atom. The van der Waals surface area contributed by atoms with Gasteiger partial charge in [0.1, 0.15) is 11.7 Å². The van der Waals surface area contributed by atoms with Gasteiger partial charge in [0.05, 0.1) is 24.5 Å². The molecule has 0 saturated carbocycles. The molecule has 0 bridgehead atoms. The average Bonchev–Trinajstić information content (AvgIpc) is 3.35. The number of rotatable bonds is 9. The molecule has 2 heterocycles.